The lowest BCUT2D eigenvalue weighted by Crippen LogP contribution is -2.46. The van der Waals surface area contributed by atoms with E-state index in [1.807, 2.05) is 18.2 Å². The van der Waals surface area contributed by atoms with Gasteiger partial charge in [0, 0.05) is 18.1 Å². The van der Waals surface area contributed by atoms with Crippen molar-refractivity contribution in [2.24, 2.45) is 4.99 Å². The van der Waals surface area contributed by atoms with Crippen molar-refractivity contribution in [3.8, 4) is 0 Å². The number of nitrogens with zero attached hydrogens (tertiary/aromatic N) is 1. The zero-order valence-electron chi connectivity index (χ0n) is 11.3. The van der Waals surface area contributed by atoms with Crippen molar-refractivity contribution in [3.63, 3.8) is 0 Å². The first-order chi connectivity index (χ1) is 8.69. The summed E-state index contributed by atoms with van der Waals surface area (Å²) in [7, 11) is 1.80. The molecule has 0 saturated heterocycles. The number of benzene rings is 1. The van der Waals surface area contributed by atoms with Gasteiger partial charge in [0.1, 0.15) is 0 Å². The summed E-state index contributed by atoms with van der Waals surface area (Å²) in [4.78, 5) is 4.26. The molecule has 1 atom stereocenters. The van der Waals surface area contributed by atoms with Crippen molar-refractivity contribution >= 4 is 41.5 Å². The van der Waals surface area contributed by atoms with E-state index < -0.39 is 0 Å². The van der Waals surface area contributed by atoms with Gasteiger partial charge in [-0.2, -0.15) is 0 Å². The smallest absolute Gasteiger partial charge is 0.191 e. The summed E-state index contributed by atoms with van der Waals surface area (Å²) in [5.74, 6) is 0.868. The molecular formula is C14H21ClIN3. The monoisotopic (exact) mass is 393 g/mol. The van der Waals surface area contributed by atoms with Crippen LogP contribution in [0.2, 0.25) is 5.02 Å². The molecule has 1 fully saturated rings. The third kappa shape index (κ3) is 4.84. The minimum atomic E-state index is 0. The van der Waals surface area contributed by atoms with Crippen LogP contribution in [0, 0.1) is 0 Å². The van der Waals surface area contributed by atoms with Gasteiger partial charge in [-0.15, -0.1) is 24.0 Å². The van der Waals surface area contributed by atoms with Crippen LogP contribution in [0.1, 0.15) is 37.8 Å². The molecule has 106 valence electrons. The zero-order chi connectivity index (χ0) is 13.0. The number of hydrogen-bond donors (Lipinski definition) is 2. The van der Waals surface area contributed by atoms with Crippen LogP contribution in [-0.2, 0) is 0 Å². The normalized spacial score (nSPS) is 17.1. The molecule has 19 heavy (non-hydrogen) atoms. The summed E-state index contributed by atoms with van der Waals surface area (Å²) in [6.07, 6.45) is 3.80. The molecular weight excluding hydrogens is 373 g/mol. The molecule has 0 spiro atoms. The Hall–Kier alpha value is -0.490. The minimum Gasteiger partial charge on any atom is -0.354 e. The van der Waals surface area contributed by atoms with Crippen molar-refractivity contribution in [3.05, 3.63) is 34.9 Å². The quantitative estimate of drug-likeness (QED) is 0.466. The summed E-state index contributed by atoms with van der Waals surface area (Å²) < 4.78 is 0. The molecule has 1 unspecified atom stereocenters. The van der Waals surface area contributed by atoms with Gasteiger partial charge >= 0.3 is 0 Å². The SMILES string of the molecule is CN=C(NC1CCC1)NC(C)c1cccc(Cl)c1.I. The molecule has 2 rings (SSSR count). The predicted octanol–water partition coefficient (Wildman–Crippen LogP) is 3.74. The number of hydrogen-bond acceptors (Lipinski definition) is 1. The second-order valence-electron chi connectivity index (χ2n) is 4.77. The molecule has 0 amide bonds. The van der Waals surface area contributed by atoms with Crippen LogP contribution in [0.4, 0.5) is 0 Å². The van der Waals surface area contributed by atoms with Gasteiger partial charge in [0.2, 0.25) is 0 Å². The highest BCUT2D eigenvalue weighted by Crippen LogP contribution is 2.19. The molecule has 0 radical (unpaired) electrons. The molecule has 1 aromatic rings. The maximum Gasteiger partial charge on any atom is 0.191 e. The van der Waals surface area contributed by atoms with Crippen LogP contribution >= 0.6 is 35.6 Å². The highest BCUT2D eigenvalue weighted by molar-refractivity contribution is 14.0. The van der Waals surface area contributed by atoms with E-state index in [-0.39, 0.29) is 30.0 Å². The fraction of sp³-hybridized carbons (Fsp3) is 0.500. The van der Waals surface area contributed by atoms with Crippen LogP contribution in [0.5, 0.6) is 0 Å². The van der Waals surface area contributed by atoms with Gasteiger partial charge in [0.05, 0.1) is 6.04 Å². The Balaban J connectivity index is 0.00000180. The van der Waals surface area contributed by atoms with E-state index in [0.717, 1.165) is 11.0 Å². The average Bonchev–Trinajstić information content (AvgIpc) is 2.31. The van der Waals surface area contributed by atoms with Crippen LogP contribution in [-0.4, -0.2) is 19.0 Å². The van der Waals surface area contributed by atoms with Crippen molar-refractivity contribution in [1.82, 2.24) is 10.6 Å². The number of rotatable bonds is 3. The highest BCUT2D eigenvalue weighted by atomic mass is 127. The number of nitrogens with one attached hydrogen (secondary N) is 2. The maximum absolute atomic E-state index is 6.00. The summed E-state index contributed by atoms with van der Waals surface area (Å²) in [5, 5.41) is 7.58. The molecule has 1 aromatic carbocycles. The molecule has 1 aliphatic rings. The average molecular weight is 394 g/mol. The van der Waals surface area contributed by atoms with Gasteiger partial charge in [-0.05, 0) is 43.9 Å². The molecule has 5 heteroatoms. The van der Waals surface area contributed by atoms with Crippen molar-refractivity contribution < 1.29 is 0 Å². The third-order valence-electron chi connectivity index (χ3n) is 3.37. The van der Waals surface area contributed by atoms with E-state index in [4.69, 9.17) is 11.6 Å². The highest BCUT2D eigenvalue weighted by Gasteiger charge is 2.19. The molecule has 1 saturated carbocycles. The molecule has 0 bridgehead atoms. The Morgan fingerprint density at radius 2 is 2.16 bits per heavy atom. The standard InChI is InChI=1S/C14H20ClN3.HI/c1-10(11-5-3-6-12(15)9-11)17-14(16-2)18-13-7-4-8-13;/h3,5-6,9-10,13H,4,7-8H2,1-2H3,(H2,16,17,18);1H. The minimum absolute atomic E-state index is 0. The van der Waals surface area contributed by atoms with E-state index in [1.54, 1.807) is 7.05 Å². The van der Waals surface area contributed by atoms with E-state index >= 15 is 0 Å². The fourth-order valence-corrected chi connectivity index (χ4v) is 2.18. The molecule has 0 aliphatic heterocycles. The molecule has 3 nitrogen and oxygen atoms in total. The number of guanidine groups is 1. The molecule has 0 heterocycles. The van der Waals surface area contributed by atoms with Crippen LogP contribution in [0.15, 0.2) is 29.3 Å². The van der Waals surface area contributed by atoms with E-state index in [0.29, 0.717) is 6.04 Å². The first kappa shape index (κ1) is 16.6. The van der Waals surface area contributed by atoms with E-state index in [2.05, 4.69) is 28.6 Å². The van der Waals surface area contributed by atoms with Gasteiger partial charge in [0.15, 0.2) is 5.96 Å². The topological polar surface area (TPSA) is 36.4 Å². The Morgan fingerprint density at radius 1 is 1.42 bits per heavy atom. The Labute approximate surface area is 137 Å². The first-order valence-corrected chi connectivity index (χ1v) is 6.82. The predicted molar refractivity (Wildman–Crippen MR) is 92.6 cm³/mol. The number of halogens is 2. The van der Waals surface area contributed by atoms with Gasteiger partial charge in [-0.3, -0.25) is 4.99 Å². The lowest BCUT2D eigenvalue weighted by Gasteiger charge is -2.29. The lowest BCUT2D eigenvalue weighted by molar-refractivity contribution is 0.378. The summed E-state index contributed by atoms with van der Waals surface area (Å²) in [5.41, 5.74) is 1.17. The maximum atomic E-state index is 6.00. The molecule has 2 N–H and O–H groups in total. The third-order valence-corrected chi connectivity index (χ3v) is 3.61. The van der Waals surface area contributed by atoms with Gasteiger partial charge in [-0.25, -0.2) is 0 Å². The van der Waals surface area contributed by atoms with Gasteiger partial charge in [0.25, 0.3) is 0 Å². The van der Waals surface area contributed by atoms with Crippen LogP contribution in [0.3, 0.4) is 0 Å². The van der Waals surface area contributed by atoms with E-state index in [1.165, 1.54) is 24.8 Å². The zero-order valence-corrected chi connectivity index (χ0v) is 14.4. The van der Waals surface area contributed by atoms with Crippen molar-refractivity contribution in [1.29, 1.82) is 0 Å². The lowest BCUT2D eigenvalue weighted by atomic mass is 9.93. The second kappa shape index (κ2) is 7.94. The largest absolute Gasteiger partial charge is 0.354 e. The van der Waals surface area contributed by atoms with Crippen LogP contribution in [0.25, 0.3) is 0 Å². The first-order valence-electron chi connectivity index (χ1n) is 6.44. The summed E-state index contributed by atoms with van der Waals surface area (Å²) in [6.45, 7) is 2.11. The van der Waals surface area contributed by atoms with Crippen LogP contribution < -0.4 is 10.6 Å². The Kier molecular flexibility index (Phi) is 6.93. The van der Waals surface area contributed by atoms with Crippen molar-refractivity contribution in [2.45, 2.75) is 38.3 Å². The molecule has 1 aliphatic carbocycles. The summed E-state index contributed by atoms with van der Waals surface area (Å²) >= 11 is 6.00. The number of aliphatic imine (C=N–C) groups is 1. The van der Waals surface area contributed by atoms with Crippen molar-refractivity contribution in [2.75, 3.05) is 7.05 Å². The van der Waals surface area contributed by atoms with Gasteiger partial charge < -0.3 is 10.6 Å². The fourth-order valence-electron chi connectivity index (χ4n) is 1.98. The Morgan fingerprint density at radius 3 is 2.68 bits per heavy atom. The molecule has 0 aromatic heterocycles. The second-order valence-corrected chi connectivity index (χ2v) is 5.20. The van der Waals surface area contributed by atoms with E-state index in [9.17, 15) is 0 Å². The summed E-state index contributed by atoms with van der Waals surface area (Å²) in [6, 6.07) is 8.69. The Bertz CT molecular complexity index is 432. The van der Waals surface area contributed by atoms with Gasteiger partial charge in [-0.1, -0.05) is 23.7 Å².